The Hall–Kier alpha value is -2.24. The Morgan fingerprint density at radius 1 is 1.45 bits per heavy atom. The lowest BCUT2D eigenvalue weighted by atomic mass is 10.0. The van der Waals surface area contributed by atoms with E-state index in [9.17, 15) is 9.59 Å². The first-order valence-corrected chi connectivity index (χ1v) is 6.71. The van der Waals surface area contributed by atoms with Crippen LogP contribution in [0.2, 0.25) is 0 Å². The fourth-order valence-electron chi connectivity index (χ4n) is 2.08. The van der Waals surface area contributed by atoms with Gasteiger partial charge in [0.15, 0.2) is 0 Å². The van der Waals surface area contributed by atoms with E-state index in [0.29, 0.717) is 30.8 Å². The Labute approximate surface area is 118 Å². The van der Waals surface area contributed by atoms with Crippen LogP contribution in [0.3, 0.4) is 0 Å². The molecule has 1 aromatic carbocycles. The minimum Gasteiger partial charge on any atom is -0.397 e. The number of nitrogen functional groups attached to an aromatic ring is 1. The van der Waals surface area contributed by atoms with Gasteiger partial charge < -0.3 is 21.3 Å². The van der Waals surface area contributed by atoms with E-state index in [1.807, 2.05) is 13.0 Å². The molecule has 1 aliphatic heterocycles. The number of fused-ring (bicyclic) bond motifs is 1. The summed E-state index contributed by atoms with van der Waals surface area (Å²) in [6, 6.07) is 3.64. The zero-order valence-electron chi connectivity index (χ0n) is 11.8. The number of nitrogens with zero attached hydrogens (tertiary/aromatic N) is 1. The van der Waals surface area contributed by atoms with Gasteiger partial charge in [-0.2, -0.15) is 0 Å². The van der Waals surface area contributed by atoms with Gasteiger partial charge in [-0.05, 0) is 31.0 Å². The molecule has 0 aliphatic carbocycles. The number of carbonyl (C=O) groups is 2. The van der Waals surface area contributed by atoms with Crippen LogP contribution in [0.15, 0.2) is 12.1 Å². The summed E-state index contributed by atoms with van der Waals surface area (Å²) in [4.78, 5) is 24.8. The highest BCUT2D eigenvalue weighted by molar-refractivity contribution is 5.95. The van der Waals surface area contributed by atoms with Gasteiger partial charge in [0.2, 0.25) is 11.8 Å². The number of likely N-dealkylation sites (N-methyl/N-ethyl adjacent to an activating group) is 1. The number of anilines is 3. The molecule has 0 aromatic heterocycles. The molecule has 0 radical (unpaired) electrons. The molecule has 0 bridgehead atoms. The largest absolute Gasteiger partial charge is 0.397 e. The highest BCUT2D eigenvalue weighted by atomic mass is 16.2. The lowest BCUT2D eigenvalue weighted by Crippen LogP contribution is -2.32. The van der Waals surface area contributed by atoms with Crippen LogP contribution < -0.4 is 16.4 Å². The smallest absolute Gasteiger partial charge is 0.241 e. The summed E-state index contributed by atoms with van der Waals surface area (Å²) in [5.41, 5.74) is 9.04. The van der Waals surface area contributed by atoms with Crippen LogP contribution in [0.1, 0.15) is 18.9 Å². The molecular weight excluding hydrogens is 256 g/mol. The SMILES string of the molecule is CCN(C)C(=O)CNc1cc2c(cc1N)CCC(=O)N2. The van der Waals surface area contributed by atoms with Crippen molar-refractivity contribution in [2.24, 2.45) is 0 Å². The van der Waals surface area contributed by atoms with Crippen LogP contribution in [-0.4, -0.2) is 36.9 Å². The summed E-state index contributed by atoms with van der Waals surface area (Å²) in [5.74, 6) is 0.00340. The standard InChI is InChI=1S/C14H20N4O2/c1-3-18(2)14(20)8-16-12-7-11-9(6-10(12)15)4-5-13(19)17-11/h6-7,16H,3-5,8,15H2,1-2H3,(H,17,19). The van der Waals surface area contributed by atoms with Crippen molar-refractivity contribution in [2.75, 3.05) is 36.5 Å². The number of amides is 2. The van der Waals surface area contributed by atoms with Crippen LogP contribution in [0.5, 0.6) is 0 Å². The Morgan fingerprint density at radius 2 is 2.20 bits per heavy atom. The van der Waals surface area contributed by atoms with Crippen molar-refractivity contribution in [3.63, 3.8) is 0 Å². The number of hydrogen-bond acceptors (Lipinski definition) is 4. The van der Waals surface area contributed by atoms with Crippen LogP contribution >= 0.6 is 0 Å². The molecule has 0 saturated heterocycles. The molecule has 2 amide bonds. The second-order valence-electron chi connectivity index (χ2n) is 4.91. The average molecular weight is 276 g/mol. The maximum absolute atomic E-state index is 11.8. The van der Waals surface area contributed by atoms with Crippen molar-refractivity contribution < 1.29 is 9.59 Å². The summed E-state index contributed by atoms with van der Waals surface area (Å²) >= 11 is 0. The molecule has 20 heavy (non-hydrogen) atoms. The van der Waals surface area contributed by atoms with Crippen molar-refractivity contribution in [2.45, 2.75) is 19.8 Å². The lowest BCUT2D eigenvalue weighted by molar-refractivity contribution is -0.127. The van der Waals surface area contributed by atoms with E-state index in [4.69, 9.17) is 5.73 Å². The zero-order chi connectivity index (χ0) is 14.7. The van der Waals surface area contributed by atoms with Gasteiger partial charge in [-0.15, -0.1) is 0 Å². The first-order valence-electron chi connectivity index (χ1n) is 6.71. The topological polar surface area (TPSA) is 87.5 Å². The lowest BCUT2D eigenvalue weighted by Gasteiger charge is -2.20. The molecule has 6 heteroatoms. The van der Waals surface area contributed by atoms with E-state index in [0.717, 1.165) is 11.3 Å². The van der Waals surface area contributed by atoms with Crippen molar-refractivity contribution >= 4 is 28.9 Å². The van der Waals surface area contributed by atoms with Crippen molar-refractivity contribution in [3.8, 4) is 0 Å². The summed E-state index contributed by atoms with van der Waals surface area (Å²) in [6.45, 7) is 2.76. The number of hydrogen-bond donors (Lipinski definition) is 3. The Bertz CT molecular complexity index is 542. The Kier molecular flexibility index (Phi) is 4.12. The van der Waals surface area contributed by atoms with Crippen molar-refractivity contribution in [1.29, 1.82) is 0 Å². The third kappa shape index (κ3) is 3.01. The van der Waals surface area contributed by atoms with E-state index < -0.39 is 0 Å². The van der Waals surface area contributed by atoms with E-state index >= 15 is 0 Å². The summed E-state index contributed by atoms with van der Waals surface area (Å²) in [6.07, 6.45) is 1.18. The van der Waals surface area contributed by atoms with E-state index in [2.05, 4.69) is 10.6 Å². The van der Waals surface area contributed by atoms with Crippen LogP contribution in [0.4, 0.5) is 17.1 Å². The molecule has 1 heterocycles. The van der Waals surface area contributed by atoms with E-state index in [-0.39, 0.29) is 18.4 Å². The van der Waals surface area contributed by atoms with Gasteiger partial charge in [0.1, 0.15) is 0 Å². The van der Waals surface area contributed by atoms with Gasteiger partial charge in [0.05, 0.1) is 17.9 Å². The summed E-state index contributed by atoms with van der Waals surface area (Å²) in [5, 5.41) is 5.84. The third-order valence-corrected chi connectivity index (χ3v) is 3.50. The monoisotopic (exact) mass is 276 g/mol. The van der Waals surface area contributed by atoms with Crippen molar-refractivity contribution in [1.82, 2.24) is 4.90 Å². The predicted molar refractivity (Wildman–Crippen MR) is 79.6 cm³/mol. The van der Waals surface area contributed by atoms with Gasteiger partial charge in [-0.1, -0.05) is 0 Å². The van der Waals surface area contributed by atoms with Gasteiger partial charge >= 0.3 is 0 Å². The molecule has 0 saturated carbocycles. The molecule has 0 atom stereocenters. The maximum Gasteiger partial charge on any atom is 0.241 e. The molecule has 0 unspecified atom stereocenters. The normalized spacial score (nSPS) is 13.4. The van der Waals surface area contributed by atoms with E-state index in [1.54, 1.807) is 18.0 Å². The Morgan fingerprint density at radius 3 is 2.90 bits per heavy atom. The summed E-state index contributed by atoms with van der Waals surface area (Å²) < 4.78 is 0. The Balaban J connectivity index is 2.11. The molecule has 4 N–H and O–H groups in total. The molecule has 108 valence electrons. The number of aryl methyl sites for hydroxylation is 1. The molecule has 6 nitrogen and oxygen atoms in total. The van der Waals surface area contributed by atoms with Crippen LogP contribution in [0.25, 0.3) is 0 Å². The zero-order valence-corrected chi connectivity index (χ0v) is 11.8. The van der Waals surface area contributed by atoms with Gasteiger partial charge in [-0.25, -0.2) is 0 Å². The highest BCUT2D eigenvalue weighted by Crippen LogP contribution is 2.30. The summed E-state index contributed by atoms with van der Waals surface area (Å²) in [7, 11) is 1.75. The van der Waals surface area contributed by atoms with Gasteiger partial charge in [0.25, 0.3) is 0 Å². The number of carbonyl (C=O) groups excluding carboxylic acids is 2. The van der Waals surface area contributed by atoms with Crippen LogP contribution in [-0.2, 0) is 16.0 Å². The first-order chi connectivity index (χ1) is 9.51. The number of benzene rings is 1. The molecule has 1 aliphatic rings. The predicted octanol–water partition coefficient (Wildman–Crippen LogP) is 1.04. The molecule has 0 fully saturated rings. The van der Waals surface area contributed by atoms with E-state index in [1.165, 1.54) is 0 Å². The maximum atomic E-state index is 11.8. The fraction of sp³-hybridized carbons (Fsp3) is 0.429. The minimum atomic E-state index is -0.00587. The van der Waals surface area contributed by atoms with Gasteiger partial charge in [0, 0.05) is 25.7 Å². The molecule has 0 spiro atoms. The molecule has 1 aromatic rings. The highest BCUT2D eigenvalue weighted by Gasteiger charge is 2.17. The number of rotatable bonds is 4. The second kappa shape index (κ2) is 5.81. The third-order valence-electron chi connectivity index (χ3n) is 3.50. The second-order valence-corrected chi connectivity index (χ2v) is 4.91. The quantitative estimate of drug-likeness (QED) is 0.717. The van der Waals surface area contributed by atoms with Gasteiger partial charge in [-0.3, -0.25) is 9.59 Å². The first kappa shape index (κ1) is 14.2. The number of nitrogens with two attached hydrogens (primary N) is 1. The average Bonchev–Trinajstić information content (AvgIpc) is 2.44. The minimum absolute atomic E-state index is 0.00587. The van der Waals surface area contributed by atoms with Crippen LogP contribution in [0, 0.1) is 0 Å². The van der Waals surface area contributed by atoms with Crippen molar-refractivity contribution in [3.05, 3.63) is 17.7 Å². The molecule has 2 rings (SSSR count). The fourth-order valence-corrected chi connectivity index (χ4v) is 2.08. The number of nitrogens with one attached hydrogen (secondary N) is 2. The molecular formula is C14H20N4O2.